The minimum absolute atomic E-state index is 0.0449. The zero-order valence-corrected chi connectivity index (χ0v) is 24.1. The van der Waals surface area contributed by atoms with E-state index in [1.807, 2.05) is 30.3 Å². The summed E-state index contributed by atoms with van der Waals surface area (Å²) in [7, 11) is 0. The van der Waals surface area contributed by atoms with Crippen LogP contribution in [-0.4, -0.2) is 15.0 Å². The SMILES string of the molecule is CC1(C)c2ccccc2-c2cc(-c3nc(-c4ccccc4)nc(-c4ccc(-c5ccc6ccccc6c5)cc4)n3)ccc21. The zero-order valence-electron chi connectivity index (χ0n) is 24.1. The first kappa shape index (κ1) is 25.3. The first-order valence-electron chi connectivity index (χ1n) is 14.7. The maximum absolute atomic E-state index is 5.04. The minimum atomic E-state index is -0.0449. The summed E-state index contributed by atoms with van der Waals surface area (Å²) in [6, 6.07) is 49.1. The Labute approximate surface area is 251 Å². The second-order valence-corrected chi connectivity index (χ2v) is 11.7. The van der Waals surface area contributed by atoms with E-state index < -0.39 is 0 Å². The van der Waals surface area contributed by atoms with Crippen LogP contribution < -0.4 is 0 Å². The number of nitrogens with zero attached hydrogens (tertiary/aromatic N) is 3. The van der Waals surface area contributed by atoms with Crippen molar-refractivity contribution < 1.29 is 0 Å². The van der Waals surface area contributed by atoms with Crippen LogP contribution >= 0.6 is 0 Å². The fraction of sp³-hybridized carbons (Fsp3) is 0.0750. The summed E-state index contributed by atoms with van der Waals surface area (Å²) in [6.07, 6.45) is 0. The normalized spacial score (nSPS) is 13.1. The number of aromatic nitrogens is 3. The van der Waals surface area contributed by atoms with Gasteiger partial charge < -0.3 is 0 Å². The van der Waals surface area contributed by atoms with Crippen molar-refractivity contribution in [1.82, 2.24) is 15.0 Å². The molecule has 204 valence electrons. The number of rotatable bonds is 4. The van der Waals surface area contributed by atoms with E-state index in [-0.39, 0.29) is 5.41 Å². The van der Waals surface area contributed by atoms with Gasteiger partial charge in [0.05, 0.1) is 0 Å². The fourth-order valence-corrected chi connectivity index (χ4v) is 6.39. The first-order valence-corrected chi connectivity index (χ1v) is 14.7. The quantitative estimate of drug-likeness (QED) is 0.218. The van der Waals surface area contributed by atoms with Gasteiger partial charge in [-0.1, -0.05) is 141 Å². The average Bonchev–Trinajstić information content (AvgIpc) is 3.30. The summed E-state index contributed by atoms with van der Waals surface area (Å²) in [5.41, 5.74) is 10.4. The van der Waals surface area contributed by atoms with Crippen molar-refractivity contribution in [3.05, 3.63) is 151 Å². The van der Waals surface area contributed by atoms with Crippen molar-refractivity contribution >= 4 is 10.8 Å². The summed E-state index contributed by atoms with van der Waals surface area (Å²) in [5.74, 6) is 2.00. The molecule has 0 unspecified atom stereocenters. The van der Waals surface area contributed by atoms with Gasteiger partial charge in [-0.05, 0) is 56.3 Å². The van der Waals surface area contributed by atoms with Crippen molar-refractivity contribution in [2.45, 2.75) is 19.3 Å². The molecule has 3 nitrogen and oxygen atoms in total. The molecule has 43 heavy (non-hydrogen) atoms. The number of hydrogen-bond donors (Lipinski definition) is 0. The molecule has 0 N–H and O–H groups in total. The van der Waals surface area contributed by atoms with Crippen molar-refractivity contribution in [3.63, 3.8) is 0 Å². The molecule has 1 heterocycles. The van der Waals surface area contributed by atoms with Crippen molar-refractivity contribution in [1.29, 1.82) is 0 Å². The molecule has 1 aliphatic carbocycles. The van der Waals surface area contributed by atoms with E-state index in [1.54, 1.807) is 0 Å². The Bertz CT molecular complexity index is 2140. The monoisotopic (exact) mass is 551 g/mol. The fourth-order valence-electron chi connectivity index (χ4n) is 6.39. The molecule has 6 aromatic carbocycles. The Hall–Kier alpha value is -5.41. The average molecular weight is 552 g/mol. The van der Waals surface area contributed by atoms with Crippen LogP contribution in [0.5, 0.6) is 0 Å². The van der Waals surface area contributed by atoms with Gasteiger partial charge in [-0.3, -0.25) is 0 Å². The molecule has 0 amide bonds. The molecule has 1 aliphatic rings. The highest BCUT2D eigenvalue weighted by Crippen LogP contribution is 2.49. The molecule has 0 atom stereocenters. The maximum Gasteiger partial charge on any atom is 0.164 e. The molecule has 0 aliphatic heterocycles. The smallest absolute Gasteiger partial charge is 0.164 e. The third-order valence-electron chi connectivity index (χ3n) is 8.73. The molecule has 0 spiro atoms. The Morgan fingerprint density at radius 2 is 0.907 bits per heavy atom. The third-order valence-corrected chi connectivity index (χ3v) is 8.73. The molecule has 8 rings (SSSR count). The number of hydrogen-bond acceptors (Lipinski definition) is 3. The molecular formula is C40H29N3. The molecule has 0 radical (unpaired) electrons. The second-order valence-electron chi connectivity index (χ2n) is 11.7. The van der Waals surface area contributed by atoms with Gasteiger partial charge in [-0.2, -0.15) is 0 Å². The van der Waals surface area contributed by atoms with E-state index in [0.717, 1.165) is 22.3 Å². The van der Waals surface area contributed by atoms with Gasteiger partial charge in [0.2, 0.25) is 0 Å². The lowest BCUT2D eigenvalue weighted by Crippen LogP contribution is -2.14. The highest BCUT2D eigenvalue weighted by Gasteiger charge is 2.35. The predicted octanol–water partition coefficient (Wildman–Crippen LogP) is 10.00. The third kappa shape index (κ3) is 4.33. The lowest BCUT2D eigenvalue weighted by Gasteiger charge is -2.21. The van der Waals surface area contributed by atoms with Crippen LogP contribution in [0.1, 0.15) is 25.0 Å². The summed E-state index contributed by atoms with van der Waals surface area (Å²) in [6.45, 7) is 4.60. The topological polar surface area (TPSA) is 38.7 Å². The largest absolute Gasteiger partial charge is 0.208 e. The molecule has 0 fully saturated rings. The molecule has 3 heteroatoms. The summed E-state index contributed by atoms with van der Waals surface area (Å²) in [4.78, 5) is 15.0. The second kappa shape index (κ2) is 9.85. The van der Waals surface area contributed by atoms with Crippen LogP contribution in [-0.2, 0) is 5.41 Å². The van der Waals surface area contributed by atoms with Gasteiger partial charge in [-0.15, -0.1) is 0 Å². The van der Waals surface area contributed by atoms with Crippen molar-refractivity contribution in [3.8, 4) is 56.4 Å². The number of benzene rings is 6. The molecule has 0 bridgehead atoms. The highest BCUT2D eigenvalue weighted by atomic mass is 15.0. The maximum atomic E-state index is 5.04. The summed E-state index contributed by atoms with van der Waals surface area (Å²) < 4.78 is 0. The van der Waals surface area contributed by atoms with Crippen LogP contribution in [0.15, 0.2) is 140 Å². The van der Waals surface area contributed by atoms with Crippen LogP contribution in [0.4, 0.5) is 0 Å². The van der Waals surface area contributed by atoms with Crippen LogP contribution in [0.3, 0.4) is 0 Å². The van der Waals surface area contributed by atoms with Gasteiger partial charge in [-0.25, -0.2) is 15.0 Å². The predicted molar refractivity (Wildman–Crippen MR) is 177 cm³/mol. The van der Waals surface area contributed by atoms with Gasteiger partial charge in [0.25, 0.3) is 0 Å². The molecule has 7 aromatic rings. The molecular weight excluding hydrogens is 522 g/mol. The van der Waals surface area contributed by atoms with E-state index in [0.29, 0.717) is 17.5 Å². The first-order chi connectivity index (χ1) is 21.0. The van der Waals surface area contributed by atoms with Gasteiger partial charge in [0.15, 0.2) is 17.5 Å². The van der Waals surface area contributed by atoms with E-state index in [1.165, 1.54) is 38.6 Å². The number of fused-ring (bicyclic) bond motifs is 4. The van der Waals surface area contributed by atoms with Gasteiger partial charge in [0.1, 0.15) is 0 Å². The van der Waals surface area contributed by atoms with Crippen LogP contribution in [0.2, 0.25) is 0 Å². The summed E-state index contributed by atoms with van der Waals surface area (Å²) in [5, 5.41) is 2.48. The van der Waals surface area contributed by atoms with Crippen LogP contribution in [0, 0.1) is 0 Å². The van der Waals surface area contributed by atoms with Gasteiger partial charge in [0, 0.05) is 22.1 Å². The van der Waals surface area contributed by atoms with E-state index in [9.17, 15) is 0 Å². The van der Waals surface area contributed by atoms with Crippen molar-refractivity contribution in [2.75, 3.05) is 0 Å². The van der Waals surface area contributed by atoms with E-state index in [4.69, 9.17) is 15.0 Å². The Morgan fingerprint density at radius 1 is 0.372 bits per heavy atom. The Morgan fingerprint density at radius 3 is 1.67 bits per heavy atom. The van der Waals surface area contributed by atoms with E-state index >= 15 is 0 Å². The standard InChI is InChI=1S/C40H29N3/c1-40(2)35-15-9-8-14-33(35)34-25-32(22-23-36(34)40)39-42-37(28-11-4-3-5-12-28)41-38(43-39)29-19-16-27(17-20-29)31-21-18-26-10-6-7-13-30(26)24-31/h3-25H,1-2H3. The molecule has 0 saturated heterocycles. The van der Waals surface area contributed by atoms with E-state index in [2.05, 4.69) is 123 Å². The molecule has 1 aromatic heterocycles. The lowest BCUT2D eigenvalue weighted by molar-refractivity contribution is 0.660. The zero-order chi connectivity index (χ0) is 29.0. The highest BCUT2D eigenvalue weighted by molar-refractivity contribution is 5.88. The van der Waals surface area contributed by atoms with Gasteiger partial charge >= 0.3 is 0 Å². The lowest BCUT2D eigenvalue weighted by atomic mass is 9.82. The van der Waals surface area contributed by atoms with Crippen LogP contribution in [0.25, 0.3) is 67.2 Å². The summed E-state index contributed by atoms with van der Waals surface area (Å²) >= 11 is 0. The molecule has 0 saturated carbocycles. The Balaban J connectivity index is 1.23. The minimum Gasteiger partial charge on any atom is -0.208 e. The van der Waals surface area contributed by atoms with Crippen molar-refractivity contribution in [2.24, 2.45) is 0 Å². The Kier molecular flexibility index (Phi) is 5.80.